The first-order chi connectivity index (χ1) is 7.33. The van der Waals surface area contributed by atoms with Crippen LogP contribution in [-0.4, -0.2) is 23.5 Å². The SMILES string of the molecule is C#CCNC(=O)CCCCC1CCSS1. The Morgan fingerprint density at radius 2 is 2.40 bits per heavy atom. The van der Waals surface area contributed by atoms with E-state index in [1.807, 2.05) is 21.6 Å². The first kappa shape index (κ1) is 12.8. The predicted molar refractivity (Wildman–Crippen MR) is 68.8 cm³/mol. The molecule has 84 valence electrons. The third kappa shape index (κ3) is 6.01. The van der Waals surface area contributed by atoms with E-state index in [4.69, 9.17) is 6.42 Å². The summed E-state index contributed by atoms with van der Waals surface area (Å²) in [5.41, 5.74) is 0. The molecular formula is C11H17NOS2. The van der Waals surface area contributed by atoms with Crippen molar-refractivity contribution in [1.29, 1.82) is 0 Å². The first-order valence-electron chi connectivity index (χ1n) is 5.31. The highest BCUT2D eigenvalue weighted by Crippen LogP contribution is 2.39. The minimum atomic E-state index is 0.0846. The molecule has 0 saturated carbocycles. The minimum Gasteiger partial charge on any atom is -0.345 e. The molecule has 0 bridgehead atoms. The highest BCUT2D eigenvalue weighted by molar-refractivity contribution is 8.77. The Morgan fingerprint density at radius 1 is 1.53 bits per heavy atom. The molecule has 1 aliphatic rings. The maximum atomic E-state index is 11.2. The fourth-order valence-electron chi connectivity index (χ4n) is 1.46. The summed E-state index contributed by atoms with van der Waals surface area (Å²) >= 11 is 0. The van der Waals surface area contributed by atoms with Crippen molar-refractivity contribution in [2.24, 2.45) is 0 Å². The van der Waals surface area contributed by atoms with Gasteiger partial charge in [0.25, 0.3) is 0 Å². The van der Waals surface area contributed by atoms with Crippen molar-refractivity contribution in [2.45, 2.75) is 37.4 Å². The van der Waals surface area contributed by atoms with Crippen LogP contribution in [0.3, 0.4) is 0 Å². The van der Waals surface area contributed by atoms with E-state index >= 15 is 0 Å². The van der Waals surface area contributed by atoms with E-state index in [0.29, 0.717) is 13.0 Å². The summed E-state index contributed by atoms with van der Waals surface area (Å²) in [5.74, 6) is 3.77. The fraction of sp³-hybridized carbons (Fsp3) is 0.727. The number of amides is 1. The van der Waals surface area contributed by atoms with Gasteiger partial charge in [0.15, 0.2) is 0 Å². The normalized spacial score (nSPS) is 19.8. The fourth-order valence-corrected chi connectivity index (χ4v) is 4.49. The van der Waals surface area contributed by atoms with Gasteiger partial charge in [-0.3, -0.25) is 4.79 Å². The molecule has 1 N–H and O–H groups in total. The first-order valence-corrected chi connectivity index (χ1v) is 7.69. The molecule has 4 heteroatoms. The number of rotatable bonds is 6. The molecule has 1 fully saturated rings. The number of unbranched alkanes of at least 4 members (excludes halogenated alkanes) is 1. The lowest BCUT2D eigenvalue weighted by molar-refractivity contribution is -0.120. The Bertz CT molecular complexity index is 231. The molecule has 1 unspecified atom stereocenters. The molecule has 0 aromatic rings. The van der Waals surface area contributed by atoms with E-state index in [-0.39, 0.29) is 5.91 Å². The van der Waals surface area contributed by atoms with E-state index in [2.05, 4.69) is 11.2 Å². The van der Waals surface area contributed by atoms with Crippen molar-refractivity contribution < 1.29 is 4.79 Å². The maximum absolute atomic E-state index is 11.2. The number of terminal acetylenes is 1. The summed E-state index contributed by atoms with van der Waals surface area (Å²) in [6, 6.07) is 0. The van der Waals surface area contributed by atoms with Crippen molar-refractivity contribution in [3.05, 3.63) is 0 Å². The molecule has 0 aromatic heterocycles. The third-order valence-electron chi connectivity index (χ3n) is 2.29. The second-order valence-electron chi connectivity index (χ2n) is 3.56. The Balaban J connectivity index is 1.92. The molecule has 1 aliphatic heterocycles. The second kappa shape index (κ2) is 7.95. The molecule has 1 rings (SSSR count). The molecule has 2 nitrogen and oxygen atoms in total. The van der Waals surface area contributed by atoms with Crippen LogP contribution >= 0.6 is 21.6 Å². The van der Waals surface area contributed by atoms with Crippen LogP contribution in [0.2, 0.25) is 0 Å². The molecule has 0 aliphatic carbocycles. The Labute approximate surface area is 99.7 Å². The summed E-state index contributed by atoms with van der Waals surface area (Å²) in [7, 11) is 3.98. The number of carbonyl (C=O) groups is 1. The average molecular weight is 243 g/mol. The molecule has 15 heavy (non-hydrogen) atoms. The zero-order valence-electron chi connectivity index (χ0n) is 8.83. The number of hydrogen-bond acceptors (Lipinski definition) is 3. The van der Waals surface area contributed by atoms with E-state index in [9.17, 15) is 4.79 Å². The van der Waals surface area contributed by atoms with Gasteiger partial charge in [-0.15, -0.1) is 6.42 Å². The van der Waals surface area contributed by atoms with Gasteiger partial charge in [-0.25, -0.2) is 0 Å². The van der Waals surface area contributed by atoms with Crippen LogP contribution in [0.25, 0.3) is 0 Å². The van der Waals surface area contributed by atoms with E-state index in [0.717, 1.165) is 18.1 Å². The van der Waals surface area contributed by atoms with Gasteiger partial charge >= 0.3 is 0 Å². The van der Waals surface area contributed by atoms with Crippen molar-refractivity contribution in [3.63, 3.8) is 0 Å². The van der Waals surface area contributed by atoms with Gasteiger partial charge in [-0.2, -0.15) is 0 Å². The molecule has 0 radical (unpaired) electrons. The van der Waals surface area contributed by atoms with Gasteiger partial charge in [0.05, 0.1) is 6.54 Å². The molecule has 0 aromatic carbocycles. The van der Waals surface area contributed by atoms with Gasteiger partial charge in [0.1, 0.15) is 0 Å². The zero-order valence-corrected chi connectivity index (χ0v) is 10.5. The molecular weight excluding hydrogens is 226 g/mol. The van der Waals surface area contributed by atoms with Gasteiger partial charge in [0, 0.05) is 17.4 Å². The summed E-state index contributed by atoms with van der Waals surface area (Å²) in [5, 5.41) is 3.50. The lowest BCUT2D eigenvalue weighted by atomic mass is 10.1. The lowest BCUT2D eigenvalue weighted by Crippen LogP contribution is -2.22. The number of nitrogens with one attached hydrogen (secondary N) is 1. The van der Waals surface area contributed by atoms with Crippen molar-refractivity contribution in [1.82, 2.24) is 5.32 Å². The van der Waals surface area contributed by atoms with Crippen LogP contribution < -0.4 is 5.32 Å². The van der Waals surface area contributed by atoms with Gasteiger partial charge in [0.2, 0.25) is 5.91 Å². The molecule has 1 saturated heterocycles. The van der Waals surface area contributed by atoms with E-state index < -0.39 is 0 Å². The van der Waals surface area contributed by atoms with Gasteiger partial charge < -0.3 is 5.32 Å². The van der Waals surface area contributed by atoms with Crippen LogP contribution in [0.15, 0.2) is 0 Å². The largest absolute Gasteiger partial charge is 0.345 e. The van der Waals surface area contributed by atoms with Crippen LogP contribution in [0, 0.1) is 12.3 Å². The topological polar surface area (TPSA) is 29.1 Å². The zero-order chi connectivity index (χ0) is 10.9. The maximum Gasteiger partial charge on any atom is 0.220 e. The number of carbonyl (C=O) groups excluding carboxylic acids is 1. The predicted octanol–water partition coefficient (Wildman–Crippen LogP) is 2.45. The molecule has 1 amide bonds. The summed E-state index contributed by atoms with van der Waals surface area (Å²) in [6.45, 7) is 0.355. The van der Waals surface area contributed by atoms with Crippen LogP contribution in [0.4, 0.5) is 0 Å². The molecule has 1 atom stereocenters. The quantitative estimate of drug-likeness (QED) is 0.441. The second-order valence-corrected chi connectivity index (χ2v) is 6.34. The third-order valence-corrected chi connectivity index (χ3v) is 5.30. The summed E-state index contributed by atoms with van der Waals surface area (Å²) in [4.78, 5) is 11.2. The minimum absolute atomic E-state index is 0.0846. The Morgan fingerprint density at radius 3 is 3.07 bits per heavy atom. The van der Waals surface area contributed by atoms with Gasteiger partial charge in [-0.1, -0.05) is 33.9 Å². The summed E-state index contributed by atoms with van der Waals surface area (Å²) in [6.07, 6.45) is 10.4. The van der Waals surface area contributed by atoms with E-state index in [1.54, 1.807) is 0 Å². The van der Waals surface area contributed by atoms with Gasteiger partial charge in [-0.05, 0) is 19.3 Å². The van der Waals surface area contributed by atoms with Crippen molar-refractivity contribution in [3.8, 4) is 12.3 Å². The highest BCUT2D eigenvalue weighted by atomic mass is 33.1. The lowest BCUT2D eigenvalue weighted by Gasteiger charge is -2.06. The average Bonchev–Trinajstić information content (AvgIpc) is 2.74. The molecule has 0 spiro atoms. The Kier molecular flexibility index (Phi) is 6.78. The standard InChI is InChI=1S/C11H17NOS2/c1-2-8-12-11(13)6-4-3-5-10-7-9-14-15-10/h1,10H,3-9H2,(H,12,13). The summed E-state index contributed by atoms with van der Waals surface area (Å²) < 4.78 is 0. The smallest absolute Gasteiger partial charge is 0.220 e. The van der Waals surface area contributed by atoms with E-state index in [1.165, 1.54) is 18.6 Å². The monoisotopic (exact) mass is 243 g/mol. The van der Waals surface area contributed by atoms with Crippen LogP contribution in [-0.2, 0) is 4.79 Å². The van der Waals surface area contributed by atoms with Crippen molar-refractivity contribution >= 4 is 27.5 Å². The molecule has 1 heterocycles. The van der Waals surface area contributed by atoms with Crippen LogP contribution in [0.5, 0.6) is 0 Å². The van der Waals surface area contributed by atoms with Crippen molar-refractivity contribution in [2.75, 3.05) is 12.3 Å². The Hall–Kier alpha value is -0.270. The number of hydrogen-bond donors (Lipinski definition) is 1. The highest BCUT2D eigenvalue weighted by Gasteiger charge is 2.15. The van der Waals surface area contributed by atoms with Crippen LogP contribution in [0.1, 0.15) is 32.1 Å².